The third kappa shape index (κ3) is 2.01. The lowest BCUT2D eigenvalue weighted by atomic mass is 9.83. The minimum atomic E-state index is 0.117. The molecule has 1 fully saturated rings. The third-order valence-corrected chi connectivity index (χ3v) is 2.63. The molecule has 0 unspecified atom stereocenters. The van der Waals surface area contributed by atoms with Crippen molar-refractivity contribution in [1.82, 2.24) is 10.2 Å². The van der Waals surface area contributed by atoms with E-state index >= 15 is 0 Å². The van der Waals surface area contributed by atoms with E-state index in [1.165, 1.54) is 19.3 Å². The van der Waals surface area contributed by atoms with Gasteiger partial charge in [0.15, 0.2) is 0 Å². The molecule has 2 rings (SSSR count). The van der Waals surface area contributed by atoms with Crippen LogP contribution in [0.25, 0.3) is 0 Å². The van der Waals surface area contributed by atoms with Crippen molar-refractivity contribution in [2.24, 2.45) is 0 Å². The Morgan fingerprint density at radius 1 is 1.36 bits per heavy atom. The fourth-order valence-electron chi connectivity index (χ4n) is 1.54. The summed E-state index contributed by atoms with van der Waals surface area (Å²) in [4.78, 5) is 0. The lowest BCUT2D eigenvalue weighted by Crippen LogP contribution is -2.12. The standard InChI is InChI=1S/C10H15N3O/c14-7-6-11-10-5-4-9(12-13-10)8-2-1-3-8/h4-5,8,14H,1-3,6-7H2,(H,11,13). The molecule has 0 saturated heterocycles. The van der Waals surface area contributed by atoms with Crippen molar-refractivity contribution in [2.75, 3.05) is 18.5 Å². The zero-order chi connectivity index (χ0) is 9.80. The van der Waals surface area contributed by atoms with E-state index in [0.29, 0.717) is 12.5 Å². The van der Waals surface area contributed by atoms with Gasteiger partial charge in [0.25, 0.3) is 0 Å². The van der Waals surface area contributed by atoms with Gasteiger partial charge in [-0.3, -0.25) is 0 Å². The Labute approximate surface area is 83.4 Å². The molecule has 14 heavy (non-hydrogen) atoms. The highest BCUT2D eigenvalue weighted by atomic mass is 16.3. The summed E-state index contributed by atoms with van der Waals surface area (Å²) < 4.78 is 0. The molecular formula is C10H15N3O. The van der Waals surface area contributed by atoms with Crippen LogP contribution in [0.1, 0.15) is 30.9 Å². The molecule has 4 heteroatoms. The minimum Gasteiger partial charge on any atom is -0.395 e. The number of anilines is 1. The normalized spacial score (nSPS) is 16.4. The van der Waals surface area contributed by atoms with Crippen molar-refractivity contribution < 1.29 is 5.11 Å². The lowest BCUT2D eigenvalue weighted by Gasteiger charge is -2.23. The molecular weight excluding hydrogens is 178 g/mol. The molecule has 4 nitrogen and oxygen atoms in total. The Balaban J connectivity index is 1.95. The van der Waals surface area contributed by atoms with E-state index in [2.05, 4.69) is 15.5 Å². The van der Waals surface area contributed by atoms with E-state index in [1.807, 2.05) is 12.1 Å². The molecule has 76 valence electrons. The van der Waals surface area contributed by atoms with Crippen LogP contribution >= 0.6 is 0 Å². The van der Waals surface area contributed by atoms with Crippen molar-refractivity contribution in [3.05, 3.63) is 17.8 Å². The van der Waals surface area contributed by atoms with E-state index in [1.54, 1.807) is 0 Å². The lowest BCUT2D eigenvalue weighted by molar-refractivity contribution is 0.311. The molecule has 2 N–H and O–H groups in total. The molecule has 0 bridgehead atoms. The molecule has 1 aliphatic carbocycles. The van der Waals surface area contributed by atoms with Gasteiger partial charge in [-0.05, 0) is 25.0 Å². The number of hydrogen-bond donors (Lipinski definition) is 2. The van der Waals surface area contributed by atoms with Gasteiger partial charge in [-0.2, -0.15) is 5.10 Å². The van der Waals surface area contributed by atoms with Crippen LogP contribution in [0.5, 0.6) is 0 Å². The van der Waals surface area contributed by atoms with E-state index in [-0.39, 0.29) is 6.61 Å². The van der Waals surface area contributed by atoms with Crippen molar-refractivity contribution in [3.63, 3.8) is 0 Å². The molecule has 1 aliphatic rings. The van der Waals surface area contributed by atoms with E-state index < -0.39 is 0 Å². The Morgan fingerprint density at radius 3 is 2.71 bits per heavy atom. The van der Waals surface area contributed by atoms with Crippen molar-refractivity contribution in [2.45, 2.75) is 25.2 Å². The number of aliphatic hydroxyl groups is 1. The number of hydrogen-bond acceptors (Lipinski definition) is 4. The number of aromatic nitrogens is 2. The molecule has 1 aromatic heterocycles. The second kappa shape index (κ2) is 4.37. The van der Waals surface area contributed by atoms with Gasteiger partial charge in [0, 0.05) is 12.5 Å². The third-order valence-electron chi connectivity index (χ3n) is 2.63. The summed E-state index contributed by atoms with van der Waals surface area (Å²) in [5.74, 6) is 1.37. The first-order valence-corrected chi connectivity index (χ1v) is 5.08. The highest BCUT2D eigenvalue weighted by molar-refractivity contribution is 5.33. The second-order valence-electron chi connectivity index (χ2n) is 3.62. The summed E-state index contributed by atoms with van der Waals surface area (Å²) in [5, 5.41) is 19.8. The Morgan fingerprint density at radius 2 is 2.21 bits per heavy atom. The molecule has 0 spiro atoms. The summed E-state index contributed by atoms with van der Waals surface area (Å²) in [6, 6.07) is 3.95. The number of rotatable bonds is 4. The predicted molar refractivity (Wildman–Crippen MR) is 54.2 cm³/mol. The van der Waals surface area contributed by atoms with Crippen LogP contribution in [0.15, 0.2) is 12.1 Å². The topological polar surface area (TPSA) is 58.0 Å². The summed E-state index contributed by atoms with van der Waals surface area (Å²) in [6.45, 7) is 0.642. The van der Waals surface area contributed by atoms with Gasteiger partial charge in [-0.15, -0.1) is 5.10 Å². The summed E-state index contributed by atoms with van der Waals surface area (Å²) in [6.07, 6.45) is 3.81. The highest BCUT2D eigenvalue weighted by Gasteiger charge is 2.20. The molecule has 1 heterocycles. The van der Waals surface area contributed by atoms with Crippen LogP contribution in [-0.2, 0) is 0 Å². The van der Waals surface area contributed by atoms with Crippen LogP contribution < -0.4 is 5.32 Å². The Hall–Kier alpha value is -1.16. The first-order valence-electron chi connectivity index (χ1n) is 5.08. The SMILES string of the molecule is OCCNc1ccc(C2CCC2)nn1. The van der Waals surface area contributed by atoms with Gasteiger partial charge in [-0.25, -0.2) is 0 Å². The molecule has 0 amide bonds. The van der Waals surface area contributed by atoms with Gasteiger partial charge >= 0.3 is 0 Å². The maximum atomic E-state index is 8.61. The quantitative estimate of drug-likeness (QED) is 0.753. The van der Waals surface area contributed by atoms with Crippen molar-refractivity contribution in [3.8, 4) is 0 Å². The van der Waals surface area contributed by atoms with Crippen molar-refractivity contribution in [1.29, 1.82) is 0 Å². The first kappa shape index (κ1) is 9.40. The fourth-order valence-corrected chi connectivity index (χ4v) is 1.54. The summed E-state index contributed by atoms with van der Waals surface area (Å²) >= 11 is 0. The van der Waals surface area contributed by atoms with Gasteiger partial charge in [0.05, 0.1) is 12.3 Å². The molecule has 0 aliphatic heterocycles. The minimum absolute atomic E-state index is 0.117. The average molecular weight is 193 g/mol. The number of aliphatic hydroxyl groups excluding tert-OH is 1. The van der Waals surface area contributed by atoms with Crippen LogP contribution in [-0.4, -0.2) is 28.5 Å². The largest absolute Gasteiger partial charge is 0.395 e. The van der Waals surface area contributed by atoms with E-state index in [0.717, 1.165) is 11.5 Å². The van der Waals surface area contributed by atoms with Crippen LogP contribution in [0.2, 0.25) is 0 Å². The van der Waals surface area contributed by atoms with Crippen LogP contribution in [0.3, 0.4) is 0 Å². The predicted octanol–water partition coefficient (Wildman–Crippen LogP) is 1.15. The number of nitrogens with one attached hydrogen (secondary N) is 1. The zero-order valence-electron chi connectivity index (χ0n) is 8.11. The van der Waals surface area contributed by atoms with E-state index in [9.17, 15) is 0 Å². The molecule has 0 radical (unpaired) electrons. The van der Waals surface area contributed by atoms with Gasteiger partial charge in [0.1, 0.15) is 5.82 Å². The Bertz CT molecular complexity index is 282. The maximum absolute atomic E-state index is 8.61. The monoisotopic (exact) mass is 193 g/mol. The van der Waals surface area contributed by atoms with Gasteiger partial charge < -0.3 is 10.4 Å². The fraction of sp³-hybridized carbons (Fsp3) is 0.600. The summed E-state index contributed by atoms with van der Waals surface area (Å²) in [7, 11) is 0. The average Bonchev–Trinajstić information content (AvgIpc) is 2.14. The highest BCUT2D eigenvalue weighted by Crippen LogP contribution is 2.34. The second-order valence-corrected chi connectivity index (χ2v) is 3.62. The van der Waals surface area contributed by atoms with Crippen LogP contribution in [0, 0.1) is 0 Å². The number of nitrogens with zero attached hydrogens (tertiary/aromatic N) is 2. The zero-order valence-corrected chi connectivity index (χ0v) is 8.11. The van der Waals surface area contributed by atoms with Gasteiger partial charge in [-0.1, -0.05) is 6.42 Å². The first-order chi connectivity index (χ1) is 6.90. The summed E-state index contributed by atoms with van der Waals surface area (Å²) in [5.41, 5.74) is 1.10. The molecule has 0 aromatic carbocycles. The van der Waals surface area contributed by atoms with Crippen LogP contribution in [0.4, 0.5) is 5.82 Å². The van der Waals surface area contributed by atoms with Gasteiger partial charge in [0.2, 0.25) is 0 Å². The van der Waals surface area contributed by atoms with Crippen molar-refractivity contribution >= 4 is 5.82 Å². The maximum Gasteiger partial charge on any atom is 0.148 e. The molecule has 0 atom stereocenters. The smallest absolute Gasteiger partial charge is 0.148 e. The van der Waals surface area contributed by atoms with E-state index in [4.69, 9.17) is 5.11 Å². The molecule has 1 aromatic rings. The molecule has 1 saturated carbocycles. The Kier molecular flexibility index (Phi) is 2.93.